The number of rotatable bonds is 2. The van der Waals surface area contributed by atoms with Crippen LogP contribution in [0.15, 0.2) is 0 Å². The minimum atomic E-state index is 0.0548. The fourth-order valence-electron chi connectivity index (χ4n) is 3.04. The molecule has 0 heterocycles. The quantitative estimate of drug-likeness (QED) is 0.684. The average molecular weight is 238 g/mol. The zero-order valence-electron chi connectivity index (χ0n) is 11.9. The third kappa shape index (κ3) is 1.90. The molecule has 0 bridgehead atoms. The molecule has 0 radical (unpaired) electrons. The number of carbonyl (C=O) groups excluding carboxylic acids is 1. The highest BCUT2D eigenvalue weighted by Crippen LogP contribution is 2.56. The second-order valence-corrected chi connectivity index (χ2v) is 7.13. The maximum absolute atomic E-state index is 12.0. The fraction of sp³-hybridized carbons (Fsp3) is 0.933. The van der Waals surface area contributed by atoms with Crippen molar-refractivity contribution in [3.63, 3.8) is 0 Å². The molecule has 0 unspecified atom stereocenters. The fourth-order valence-corrected chi connectivity index (χ4v) is 3.04. The first-order chi connectivity index (χ1) is 7.76. The molecule has 0 aromatic carbocycles. The van der Waals surface area contributed by atoms with Crippen LogP contribution < -0.4 is 0 Å². The van der Waals surface area contributed by atoms with Crippen molar-refractivity contribution < 1.29 is 9.53 Å². The van der Waals surface area contributed by atoms with Crippen molar-refractivity contribution in [2.75, 3.05) is 0 Å². The Morgan fingerprint density at radius 3 is 2.06 bits per heavy atom. The van der Waals surface area contributed by atoms with Crippen LogP contribution in [0.5, 0.6) is 0 Å². The zero-order valence-corrected chi connectivity index (χ0v) is 11.9. The number of hydrogen-bond donors (Lipinski definition) is 0. The molecule has 2 saturated carbocycles. The number of hydrogen-bond acceptors (Lipinski definition) is 2. The van der Waals surface area contributed by atoms with E-state index in [-0.39, 0.29) is 28.8 Å². The van der Waals surface area contributed by atoms with Crippen LogP contribution in [0.25, 0.3) is 0 Å². The van der Waals surface area contributed by atoms with Crippen molar-refractivity contribution in [2.45, 2.75) is 66.4 Å². The smallest absolute Gasteiger partial charge is 0.309 e. The predicted molar refractivity (Wildman–Crippen MR) is 68.6 cm³/mol. The van der Waals surface area contributed by atoms with Gasteiger partial charge in [-0.1, -0.05) is 41.0 Å². The van der Waals surface area contributed by atoms with Crippen LogP contribution in [0.4, 0.5) is 0 Å². The van der Waals surface area contributed by atoms with Crippen LogP contribution >= 0.6 is 0 Å². The minimum absolute atomic E-state index is 0.0548. The van der Waals surface area contributed by atoms with Crippen LogP contribution in [0.2, 0.25) is 0 Å². The van der Waals surface area contributed by atoms with E-state index in [1.807, 2.05) is 0 Å². The van der Waals surface area contributed by atoms with Gasteiger partial charge >= 0.3 is 5.97 Å². The Hall–Kier alpha value is -0.530. The molecule has 2 aliphatic carbocycles. The molecule has 17 heavy (non-hydrogen) atoms. The molecule has 2 heteroatoms. The van der Waals surface area contributed by atoms with Gasteiger partial charge in [0, 0.05) is 5.41 Å². The van der Waals surface area contributed by atoms with Crippen molar-refractivity contribution in [1.82, 2.24) is 0 Å². The van der Waals surface area contributed by atoms with E-state index in [9.17, 15) is 4.79 Å². The van der Waals surface area contributed by atoms with E-state index in [2.05, 4.69) is 34.6 Å². The molecule has 0 saturated heterocycles. The average Bonchev–Trinajstić information content (AvgIpc) is 2.25. The lowest BCUT2D eigenvalue weighted by Crippen LogP contribution is -2.40. The Morgan fingerprint density at radius 1 is 1.12 bits per heavy atom. The summed E-state index contributed by atoms with van der Waals surface area (Å²) >= 11 is 0. The first kappa shape index (κ1) is 12.9. The highest BCUT2D eigenvalue weighted by Gasteiger charge is 2.54. The van der Waals surface area contributed by atoms with Crippen LogP contribution in [0.1, 0.15) is 60.3 Å². The normalized spacial score (nSPS) is 35.4. The third-order valence-electron chi connectivity index (χ3n) is 5.96. The second kappa shape index (κ2) is 4.00. The van der Waals surface area contributed by atoms with Crippen molar-refractivity contribution in [3.8, 4) is 0 Å². The van der Waals surface area contributed by atoms with Crippen LogP contribution in [0, 0.1) is 22.7 Å². The molecule has 2 fully saturated rings. The third-order valence-corrected chi connectivity index (χ3v) is 5.96. The van der Waals surface area contributed by atoms with Gasteiger partial charge in [0.25, 0.3) is 0 Å². The van der Waals surface area contributed by atoms with Crippen LogP contribution in [-0.2, 0) is 9.53 Å². The lowest BCUT2D eigenvalue weighted by Gasteiger charge is -2.40. The van der Waals surface area contributed by atoms with E-state index in [1.54, 1.807) is 0 Å². The lowest BCUT2D eigenvalue weighted by atomic mass is 9.67. The summed E-state index contributed by atoms with van der Waals surface area (Å²) in [6.45, 7) is 11.4. The number of carbonyl (C=O) groups is 1. The molecule has 0 N–H and O–H groups in total. The van der Waals surface area contributed by atoms with Gasteiger partial charge in [0.1, 0.15) is 6.10 Å². The molecule has 2 rings (SSSR count). The summed E-state index contributed by atoms with van der Waals surface area (Å²) in [7, 11) is 0. The molecular formula is C15H26O2. The summed E-state index contributed by atoms with van der Waals surface area (Å²) in [5.41, 5.74) is 0.309. The van der Waals surface area contributed by atoms with Gasteiger partial charge in [0.05, 0.1) is 5.92 Å². The van der Waals surface area contributed by atoms with Gasteiger partial charge in [-0.25, -0.2) is 0 Å². The molecule has 2 nitrogen and oxygen atoms in total. The molecule has 0 aliphatic heterocycles. The molecule has 2 atom stereocenters. The standard InChI is InChI=1S/C15H26O2/c1-10-9-12(15(4,5)14(10,2)3)17-13(16)11-7-6-8-11/h10-12H,6-9H2,1-5H3/t10-,12-/m0/s1. The van der Waals surface area contributed by atoms with Gasteiger partial charge in [-0.3, -0.25) is 4.79 Å². The van der Waals surface area contributed by atoms with Gasteiger partial charge in [-0.15, -0.1) is 0 Å². The molecule has 2 aliphatic rings. The molecule has 98 valence electrons. The predicted octanol–water partition coefficient (Wildman–Crippen LogP) is 3.79. The number of esters is 1. The van der Waals surface area contributed by atoms with Gasteiger partial charge in [-0.2, -0.15) is 0 Å². The summed E-state index contributed by atoms with van der Waals surface area (Å²) in [5.74, 6) is 0.862. The minimum Gasteiger partial charge on any atom is -0.462 e. The Morgan fingerprint density at radius 2 is 1.71 bits per heavy atom. The van der Waals surface area contributed by atoms with Gasteiger partial charge in [-0.05, 0) is 30.6 Å². The van der Waals surface area contributed by atoms with E-state index in [1.165, 1.54) is 6.42 Å². The van der Waals surface area contributed by atoms with E-state index in [0.29, 0.717) is 5.92 Å². The monoisotopic (exact) mass is 238 g/mol. The van der Waals surface area contributed by atoms with Crippen molar-refractivity contribution in [1.29, 1.82) is 0 Å². The number of ether oxygens (including phenoxy) is 1. The highest BCUT2D eigenvalue weighted by atomic mass is 16.5. The summed E-state index contributed by atoms with van der Waals surface area (Å²) in [4.78, 5) is 12.0. The van der Waals surface area contributed by atoms with Crippen molar-refractivity contribution in [2.24, 2.45) is 22.7 Å². The Labute approximate surface area is 105 Å². The summed E-state index contributed by atoms with van der Waals surface area (Å²) in [6, 6.07) is 0. The van der Waals surface area contributed by atoms with Crippen LogP contribution in [-0.4, -0.2) is 12.1 Å². The van der Waals surface area contributed by atoms with Gasteiger partial charge in [0.2, 0.25) is 0 Å². The Kier molecular flexibility index (Phi) is 3.04. The van der Waals surface area contributed by atoms with Gasteiger partial charge in [0.15, 0.2) is 0 Å². The van der Waals surface area contributed by atoms with Crippen LogP contribution in [0.3, 0.4) is 0 Å². The molecule has 0 spiro atoms. The summed E-state index contributed by atoms with van der Waals surface area (Å²) < 4.78 is 5.80. The van der Waals surface area contributed by atoms with E-state index < -0.39 is 0 Å². The van der Waals surface area contributed by atoms with Crippen molar-refractivity contribution >= 4 is 5.97 Å². The Bertz CT molecular complexity index is 313. The van der Waals surface area contributed by atoms with E-state index in [4.69, 9.17) is 4.74 Å². The SMILES string of the molecule is C[C@H]1C[C@H](OC(=O)C2CCC2)C(C)(C)C1(C)C. The van der Waals surface area contributed by atoms with Crippen molar-refractivity contribution in [3.05, 3.63) is 0 Å². The summed E-state index contributed by atoms with van der Waals surface area (Å²) in [6.07, 6.45) is 4.37. The highest BCUT2D eigenvalue weighted by molar-refractivity contribution is 5.73. The topological polar surface area (TPSA) is 26.3 Å². The molecule has 0 aromatic rings. The first-order valence-electron chi connectivity index (χ1n) is 6.97. The Balaban J connectivity index is 2.04. The van der Waals surface area contributed by atoms with E-state index >= 15 is 0 Å². The summed E-state index contributed by atoms with van der Waals surface area (Å²) in [5, 5.41) is 0. The maximum Gasteiger partial charge on any atom is 0.309 e. The lowest BCUT2D eigenvalue weighted by molar-refractivity contribution is -0.163. The largest absolute Gasteiger partial charge is 0.462 e. The van der Waals surface area contributed by atoms with E-state index in [0.717, 1.165) is 19.3 Å². The first-order valence-corrected chi connectivity index (χ1v) is 6.97. The maximum atomic E-state index is 12.0. The molecular weight excluding hydrogens is 212 g/mol. The van der Waals surface area contributed by atoms with Gasteiger partial charge < -0.3 is 4.74 Å². The zero-order chi connectivity index (χ0) is 12.8. The molecule has 0 aromatic heterocycles. The molecule has 0 amide bonds. The second-order valence-electron chi connectivity index (χ2n) is 7.13.